The molecule has 0 amide bonds. The van der Waals surface area contributed by atoms with Crippen LogP contribution in [0.5, 0.6) is 0 Å². The maximum atomic E-state index is 5.97. The number of aromatic nitrogens is 1. The molecule has 1 heterocycles. The molecule has 1 aliphatic carbocycles. The number of pyridine rings is 1. The van der Waals surface area contributed by atoms with E-state index in [-0.39, 0.29) is 0 Å². The van der Waals surface area contributed by atoms with Crippen LogP contribution in [0.2, 0.25) is 5.02 Å². The van der Waals surface area contributed by atoms with Gasteiger partial charge in [0.15, 0.2) is 0 Å². The Balaban J connectivity index is 1.88. The number of hydrogen-bond donors (Lipinski definition) is 2. The van der Waals surface area contributed by atoms with Crippen molar-refractivity contribution in [1.82, 2.24) is 4.98 Å². The molecule has 5 heteroatoms. The van der Waals surface area contributed by atoms with Crippen LogP contribution in [-0.4, -0.2) is 17.6 Å². The summed E-state index contributed by atoms with van der Waals surface area (Å²) in [6.45, 7) is 0.931. The monoisotopic (exact) mass is 317 g/mol. The maximum Gasteiger partial charge on any atom is 0.140 e. The summed E-state index contributed by atoms with van der Waals surface area (Å²) in [7, 11) is 0. The van der Waals surface area contributed by atoms with E-state index in [0.29, 0.717) is 17.0 Å². The van der Waals surface area contributed by atoms with E-state index in [1.54, 1.807) is 6.20 Å². The molecule has 2 atom stereocenters. The van der Waals surface area contributed by atoms with Crippen LogP contribution in [0.25, 0.3) is 0 Å². The van der Waals surface area contributed by atoms with Crippen molar-refractivity contribution >= 4 is 33.3 Å². The summed E-state index contributed by atoms with van der Waals surface area (Å²) in [4.78, 5) is 4.26. The first-order valence-corrected chi connectivity index (χ1v) is 7.12. The molecule has 3 nitrogen and oxygen atoms in total. The molecule has 0 bridgehead atoms. The van der Waals surface area contributed by atoms with Crippen LogP contribution in [0.4, 0.5) is 5.82 Å². The highest BCUT2D eigenvalue weighted by atomic mass is 79.9. The second kappa shape index (κ2) is 6.03. The number of nitrogens with two attached hydrogens (primary N) is 1. The second-order valence-electron chi connectivity index (χ2n) is 4.66. The van der Waals surface area contributed by atoms with Gasteiger partial charge in [-0.1, -0.05) is 18.0 Å². The van der Waals surface area contributed by atoms with Crippen molar-refractivity contribution in [3.8, 4) is 0 Å². The average molecular weight is 319 g/mol. The van der Waals surface area contributed by atoms with Crippen molar-refractivity contribution in [2.75, 3.05) is 11.9 Å². The summed E-state index contributed by atoms with van der Waals surface area (Å²) in [6.07, 6.45) is 6.42. The summed E-state index contributed by atoms with van der Waals surface area (Å²) in [5, 5.41) is 4.00. The molecule has 17 heavy (non-hydrogen) atoms. The zero-order valence-electron chi connectivity index (χ0n) is 9.63. The number of halogens is 2. The Kier molecular flexibility index (Phi) is 4.65. The largest absolute Gasteiger partial charge is 0.369 e. The molecule has 1 saturated carbocycles. The average Bonchev–Trinajstić information content (AvgIpc) is 2.28. The van der Waals surface area contributed by atoms with E-state index in [0.717, 1.165) is 23.3 Å². The SMILES string of the molecule is NC1CCCC(CNc2ncc(Cl)cc2Br)C1. The summed E-state index contributed by atoms with van der Waals surface area (Å²) in [5.74, 6) is 1.51. The molecule has 1 aromatic rings. The number of nitrogens with zero attached hydrogens (tertiary/aromatic N) is 1. The third-order valence-electron chi connectivity index (χ3n) is 3.19. The number of anilines is 1. The lowest BCUT2D eigenvalue weighted by molar-refractivity contribution is 0.335. The van der Waals surface area contributed by atoms with Gasteiger partial charge in [0.25, 0.3) is 0 Å². The van der Waals surface area contributed by atoms with Gasteiger partial charge in [0, 0.05) is 18.8 Å². The van der Waals surface area contributed by atoms with E-state index in [9.17, 15) is 0 Å². The minimum Gasteiger partial charge on any atom is -0.369 e. The van der Waals surface area contributed by atoms with Gasteiger partial charge in [-0.05, 0) is 47.2 Å². The minimum atomic E-state index is 0.372. The minimum absolute atomic E-state index is 0.372. The van der Waals surface area contributed by atoms with Gasteiger partial charge in [0.05, 0.1) is 9.50 Å². The first kappa shape index (κ1) is 13.1. The van der Waals surface area contributed by atoms with E-state index in [4.69, 9.17) is 17.3 Å². The highest BCUT2D eigenvalue weighted by Crippen LogP contribution is 2.26. The maximum absolute atomic E-state index is 5.97. The Morgan fingerprint density at radius 3 is 3.06 bits per heavy atom. The first-order valence-electron chi connectivity index (χ1n) is 5.95. The van der Waals surface area contributed by atoms with Gasteiger partial charge in [-0.3, -0.25) is 0 Å². The van der Waals surface area contributed by atoms with Crippen molar-refractivity contribution < 1.29 is 0 Å². The zero-order chi connectivity index (χ0) is 12.3. The quantitative estimate of drug-likeness (QED) is 0.898. The van der Waals surface area contributed by atoms with Gasteiger partial charge in [-0.25, -0.2) is 4.98 Å². The van der Waals surface area contributed by atoms with Gasteiger partial charge >= 0.3 is 0 Å². The van der Waals surface area contributed by atoms with E-state index >= 15 is 0 Å². The number of nitrogens with one attached hydrogen (secondary N) is 1. The Morgan fingerprint density at radius 2 is 2.35 bits per heavy atom. The highest BCUT2D eigenvalue weighted by molar-refractivity contribution is 9.10. The molecular weight excluding hydrogens is 302 g/mol. The van der Waals surface area contributed by atoms with Gasteiger partial charge < -0.3 is 11.1 Å². The fourth-order valence-electron chi connectivity index (χ4n) is 2.30. The molecule has 0 radical (unpaired) electrons. The lowest BCUT2D eigenvalue weighted by atomic mass is 9.86. The van der Waals surface area contributed by atoms with Crippen LogP contribution in [0.3, 0.4) is 0 Å². The summed E-state index contributed by atoms with van der Waals surface area (Å²) in [5.41, 5.74) is 5.97. The molecule has 2 rings (SSSR count). The Hall–Kier alpha value is -0.320. The summed E-state index contributed by atoms with van der Waals surface area (Å²) >= 11 is 9.30. The standard InChI is InChI=1S/C12H17BrClN3/c13-11-5-9(14)7-17-12(11)16-6-8-2-1-3-10(15)4-8/h5,7-8,10H,1-4,6,15H2,(H,16,17). The van der Waals surface area contributed by atoms with E-state index < -0.39 is 0 Å². The molecule has 0 aliphatic heterocycles. The Morgan fingerprint density at radius 1 is 1.53 bits per heavy atom. The third-order valence-corrected chi connectivity index (χ3v) is 4.00. The molecule has 0 spiro atoms. The van der Waals surface area contributed by atoms with E-state index in [2.05, 4.69) is 26.2 Å². The van der Waals surface area contributed by atoms with Gasteiger partial charge in [0.2, 0.25) is 0 Å². The van der Waals surface area contributed by atoms with Gasteiger partial charge in [0.1, 0.15) is 5.82 Å². The fraction of sp³-hybridized carbons (Fsp3) is 0.583. The van der Waals surface area contributed by atoms with Crippen molar-refractivity contribution in [2.45, 2.75) is 31.7 Å². The number of rotatable bonds is 3. The lowest BCUT2D eigenvalue weighted by Gasteiger charge is -2.26. The smallest absolute Gasteiger partial charge is 0.140 e. The van der Waals surface area contributed by atoms with Crippen LogP contribution in [0, 0.1) is 5.92 Å². The summed E-state index contributed by atoms with van der Waals surface area (Å²) in [6, 6.07) is 2.22. The molecule has 0 saturated heterocycles. The normalized spacial score (nSPS) is 24.6. The van der Waals surface area contributed by atoms with Crippen LogP contribution in [0.15, 0.2) is 16.7 Å². The molecular formula is C12H17BrClN3. The second-order valence-corrected chi connectivity index (χ2v) is 5.95. The van der Waals surface area contributed by atoms with E-state index in [1.165, 1.54) is 19.3 Å². The van der Waals surface area contributed by atoms with E-state index in [1.807, 2.05) is 6.07 Å². The molecule has 94 valence electrons. The first-order chi connectivity index (χ1) is 8.15. The Labute approximate surface area is 115 Å². The fourth-order valence-corrected chi connectivity index (χ4v) is 3.08. The predicted octanol–water partition coefficient (Wildman–Crippen LogP) is 3.43. The third kappa shape index (κ3) is 3.83. The van der Waals surface area contributed by atoms with Crippen LogP contribution in [0.1, 0.15) is 25.7 Å². The number of hydrogen-bond acceptors (Lipinski definition) is 3. The van der Waals surface area contributed by atoms with Gasteiger partial charge in [-0.15, -0.1) is 0 Å². The highest BCUT2D eigenvalue weighted by Gasteiger charge is 2.19. The van der Waals surface area contributed by atoms with Gasteiger partial charge in [-0.2, -0.15) is 0 Å². The molecule has 1 aromatic heterocycles. The van der Waals surface area contributed by atoms with Crippen molar-refractivity contribution in [3.63, 3.8) is 0 Å². The van der Waals surface area contributed by atoms with Crippen LogP contribution >= 0.6 is 27.5 Å². The molecule has 2 unspecified atom stereocenters. The lowest BCUT2D eigenvalue weighted by Crippen LogP contribution is -2.31. The molecule has 3 N–H and O–H groups in total. The van der Waals surface area contributed by atoms with Crippen molar-refractivity contribution in [1.29, 1.82) is 0 Å². The molecule has 1 fully saturated rings. The van der Waals surface area contributed by atoms with Crippen molar-refractivity contribution in [2.24, 2.45) is 11.7 Å². The molecule has 0 aromatic carbocycles. The van der Waals surface area contributed by atoms with Crippen molar-refractivity contribution in [3.05, 3.63) is 21.8 Å². The summed E-state index contributed by atoms with van der Waals surface area (Å²) < 4.78 is 0.908. The predicted molar refractivity (Wildman–Crippen MR) is 75.4 cm³/mol. The molecule has 1 aliphatic rings. The Bertz CT molecular complexity index is 386. The van der Waals surface area contributed by atoms with Crippen LogP contribution < -0.4 is 11.1 Å². The zero-order valence-corrected chi connectivity index (χ0v) is 12.0. The topological polar surface area (TPSA) is 50.9 Å². The van der Waals surface area contributed by atoms with Crippen LogP contribution in [-0.2, 0) is 0 Å².